The Kier molecular flexibility index (Phi) is 4.30. The Hall–Kier alpha value is -1.18. The molecule has 1 saturated heterocycles. The van der Waals surface area contributed by atoms with Gasteiger partial charge in [0, 0.05) is 31.5 Å². The van der Waals surface area contributed by atoms with Crippen molar-refractivity contribution in [2.24, 2.45) is 0 Å². The van der Waals surface area contributed by atoms with Crippen LogP contribution in [0.3, 0.4) is 0 Å². The van der Waals surface area contributed by atoms with Gasteiger partial charge in [-0.1, -0.05) is 19.9 Å². The van der Waals surface area contributed by atoms with Gasteiger partial charge in [-0.2, -0.15) is 0 Å². The molecule has 0 bridgehead atoms. The van der Waals surface area contributed by atoms with Crippen molar-refractivity contribution < 1.29 is 0 Å². The average molecular weight is 192 g/mol. The molecule has 2 heteroatoms. The maximum atomic E-state index is 3.14. The Labute approximate surface area is 86.9 Å². The second-order valence-electron chi connectivity index (χ2n) is 3.14. The van der Waals surface area contributed by atoms with E-state index in [1.54, 1.807) is 0 Å². The first-order valence-electron chi connectivity index (χ1n) is 5.43. The third-order valence-corrected chi connectivity index (χ3v) is 2.36. The van der Waals surface area contributed by atoms with Crippen LogP contribution >= 0.6 is 0 Å². The summed E-state index contributed by atoms with van der Waals surface area (Å²) >= 11 is 0. The summed E-state index contributed by atoms with van der Waals surface area (Å²) in [6.45, 7) is 6.43. The minimum atomic E-state index is 1.19. The van der Waals surface area contributed by atoms with E-state index in [1.807, 2.05) is 20.9 Å². The fraction of sp³-hybridized carbons (Fsp3) is 0.500. The minimum Gasteiger partial charge on any atom is -0.388 e. The lowest BCUT2D eigenvalue weighted by Crippen LogP contribution is -2.36. The van der Waals surface area contributed by atoms with E-state index in [0.29, 0.717) is 0 Å². The average Bonchev–Trinajstić information content (AvgIpc) is 2.19. The molecular weight excluding hydrogens is 172 g/mol. The van der Waals surface area contributed by atoms with Crippen LogP contribution in [0.1, 0.15) is 20.3 Å². The van der Waals surface area contributed by atoms with Gasteiger partial charge in [-0.3, -0.25) is 0 Å². The van der Waals surface area contributed by atoms with E-state index in [4.69, 9.17) is 0 Å². The number of hydrogen-bond acceptors (Lipinski definition) is 2. The monoisotopic (exact) mass is 192 g/mol. The quantitative estimate of drug-likeness (QED) is 0.775. The summed E-state index contributed by atoms with van der Waals surface area (Å²) in [6, 6.07) is 8.54. The van der Waals surface area contributed by atoms with Crippen LogP contribution in [0.5, 0.6) is 0 Å². The smallest absolute Gasteiger partial charge is 0.0386 e. The summed E-state index contributed by atoms with van der Waals surface area (Å²) < 4.78 is 0. The van der Waals surface area contributed by atoms with Gasteiger partial charge in [0.25, 0.3) is 0 Å². The molecule has 0 unspecified atom stereocenters. The van der Waals surface area contributed by atoms with Crippen LogP contribution < -0.4 is 10.2 Å². The molecule has 0 aliphatic carbocycles. The Morgan fingerprint density at radius 2 is 1.93 bits per heavy atom. The molecule has 2 nitrogen and oxygen atoms in total. The van der Waals surface area contributed by atoms with Crippen LogP contribution in [-0.4, -0.2) is 20.1 Å². The third-order valence-electron chi connectivity index (χ3n) is 2.36. The molecule has 1 fully saturated rings. The summed E-state index contributed by atoms with van der Waals surface area (Å²) in [5.74, 6) is 0. The molecule has 0 atom stereocenters. The number of nitrogens with one attached hydrogen (secondary N) is 1. The van der Waals surface area contributed by atoms with Crippen LogP contribution in [-0.2, 0) is 0 Å². The summed E-state index contributed by atoms with van der Waals surface area (Å²) in [7, 11) is 1.95. The second-order valence-corrected chi connectivity index (χ2v) is 3.14. The van der Waals surface area contributed by atoms with E-state index in [1.165, 1.54) is 30.9 Å². The Morgan fingerprint density at radius 3 is 2.43 bits per heavy atom. The van der Waals surface area contributed by atoms with Crippen molar-refractivity contribution >= 4 is 11.4 Å². The molecule has 0 amide bonds. The highest BCUT2D eigenvalue weighted by atomic mass is 15.2. The molecule has 1 N–H and O–H groups in total. The van der Waals surface area contributed by atoms with Crippen molar-refractivity contribution in [3.05, 3.63) is 24.3 Å². The molecule has 0 aromatic heterocycles. The molecule has 1 aliphatic rings. The first-order valence-corrected chi connectivity index (χ1v) is 5.43. The third kappa shape index (κ3) is 2.41. The van der Waals surface area contributed by atoms with Crippen molar-refractivity contribution in [1.82, 2.24) is 0 Å². The van der Waals surface area contributed by atoms with Crippen LogP contribution in [0.2, 0.25) is 0 Å². The Balaban J connectivity index is 0.000000461. The van der Waals surface area contributed by atoms with E-state index in [2.05, 4.69) is 34.5 Å². The van der Waals surface area contributed by atoms with Gasteiger partial charge in [0.15, 0.2) is 0 Å². The summed E-state index contributed by atoms with van der Waals surface area (Å²) in [4.78, 5) is 2.39. The lowest BCUT2D eigenvalue weighted by atomic mass is 10.1. The fourth-order valence-electron chi connectivity index (χ4n) is 1.43. The minimum absolute atomic E-state index is 1.19. The van der Waals surface area contributed by atoms with Crippen molar-refractivity contribution in [2.75, 3.05) is 30.4 Å². The van der Waals surface area contributed by atoms with Crippen molar-refractivity contribution in [1.29, 1.82) is 0 Å². The highest BCUT2D eigenvalue weighted by Crippen LogP contribution is 2.23. The molecule has 2 rings (SSSR count). The van der Waals surface area contributed by atoms with E-state index < -0.39 is 0 Å². The number of rotatable bonds is 2. The lowest BCUT2D eigenvalue weighted by molar-refractivity contribution is 0.618. The lowest BCUT2D eigenvalue weighted by Gasteiger charge is -2.33. The van der Waals surface area contributed by atoms with Gasteiger partial charge in [0.05, 0.1) is 0 Å². The van der Waals surface area contributed by atoms with Gasteiger partial charge in [-0.15, -0.1) is 0 Å². The van der Waals surface area contributed by atoms with Crippen LogP contribution in [0.4, 0.5) is 11.4 Å². The van der Waals surface area contributed by atoms with Crippen LogP contribution in [0.15, 0.2) is 24.3 Å². The topological polar surface area (TPSA) is 15.3 Å². The zero-order valence-electron chi connectivity index (χ0n) is 9.38. The molecular formula is C12H20N2. The van der Waals surface area contributed by atoms with Gasteiger partial charge in [0.2, 0.25) is 0 Å². The zero-order valence-corrected chi connectivity index (χ0v) is 9.38. The van der Waals surface area contributed by atoms with Gasteiger partial charge in [-0.25, -0.2) is 0 Å². The summed E-state index contributed by atoms with van der Waals surface area (Å²) in [5, 5.41) is 3.14. The molecule has 1 heterocycles. The first kappa shape index (κ1) is 10.9. The molecule has 0 saturated carbocycles. The Morgan fingerprint density at radius 1 is 1.21 bits per heavy atom. The summed E-state index contributed by atoms with van der Waals surface area (Å²) in [6.07, 6.45) is 1.34. The van der Waals surface area contributed by atoms with Gasteiger partial charge in [0.1, 0.15) is 0 Å². The molecule has 1 aromatic carbocycles. The summed E-state index contributed by atoms with van der Waals surface area (Å²) in [5.41, 5.74) is 2.53. The molecule has 0 radical (unpaired) electrons. The first-order chi connectivity index (χ1) is 6.90. The molecule has 0 spiro atoms. The predicted octanol–water partition coefficient (Wildman–Crippen LogP) is 2.96. The number of benzene rings is 1. The van der Waals surface area contributed by atoms with E-state index >= 15 is 0 Å². The zero-order chi connectivity index (χ0) is 10.4. The SMILES string of the molecule is CC.CNc1cccc(N2CCC2)c1. The van der Waals surface area contributed by atoms with E-state index in [0.717, 1.165) is 0 Å². The van der Waals surface area contributed by atoms with Gasteiger partial charge in [-0.05, 0) is 24.6 Å². The molecule has 78 valence electrons. The van der Waals surface area contributed by atoms with E-state index in [-0.39, 0.29) is 0 Å². The molecule has 1 aromatic rings. The van der Waals surface area contributed by atoms with Crippen molar-refractivity contribution in [3.63, 3.8) is 0 Å². The number of hydrogen-bond donors (Lipinski definition) is 1. The van der Waals surface area contributed by atoms with Crippen LogP contribution in [0, 0.1) is 0 Å². The van der Waals surface area contributed by atoms with Crippen molar-refractivity contribution in [3.8, 4) is 0 Å². The Bertz CT molecular complexity index is 267. The standard InChI is InChI=1S/C10H14N2.C2H6/c1-11-9-4-2-5-10(8-9)12-6-3-7-12;1-2/h2,4-5,8,11H,3,6-7H2,1H3;1-2H3. The predicted molar refractivity (Wildman–Crippen MR) is 64.2 cm³/mol. The van der Waals surface area contributed by atoms with Gasteiger partial charge >= 0.3 is 0 Å². The molecule has 14 heavy (non-hydrogen) atoms. The highest BCUT2D eigenvalue weighted by molar-refractivity contribution is 5.58. The molecule has 1 aliphatic heterocycles. The fourth-order valence-corrected chi connectivity index (χ4v) is 1.43. The van der Waals surface area contributed by atoms with Crippen molar-refractivity contribution in [2.45, 2.75) is 20.3 Å². The number of nitrogens with zero attached hydrogens (tertiary/aromatic N) is 1. The largest absolute Gasteiger partial charge is 0.388 e. The maximum absolute atomic E-state index is 3.14. The number of anilines is 2. The second kappa shape index (κ2) is 5.53. The maximum Gasteiger partial charge on any atom is 0.0386 e. The van der Waals surface area contributed by atoms with Gasteiger partial charge < -0.3 is 10.2 Å². The normalized spacial score (nSPS) is 13.8. The van der Waals surface area contributed by atoms with Crippen LogP contribution in [0.25, 0.3) is 0 Å². The van der Waals surface area contributed by atoms with E-state index in [9.17, 15) is 0 Å². The highest BCUT2D eigenvalue weighted by Gasteiger charge is 2.13.